The van der Waals surface area contributed by atoms with Crippen molar-refractivity contribution in [2.75, 3.05) is 32.6 Å². The van der Waals surface area contributed by atoms with Gasteiger partial charge in [-0.2, -0.15) is 24.9 Å². The maximum absolute atomic E-state index is 12.6. The van der Waals surface area contributed by atoms with E-state index in [0.29, 0.717) is 6.54 Å². The van der Waals surface area contributed by atoms with Gasteiger partial charge in [0, 0.05) is 27.2 Å². The lowest BCUT2D eigenvalue weighted by Crippen LogP contribution is -2.38. The number of halogens is 3. The molecular formula is C16H24F3N3S. The Kier molecular flexibility index (Phi) is 8.30. The largest absolute Gasteiger partial charge is 0.416 e. The van der Waals surface area contributed by atoms with Crippen LogP contribution in [-0.2, 0) is 12.7 Å². The van der Waals surface area contributed by atoms with Gasteiger partial charge in [-0.25, -0.2) is 0 Å². The van der Waals surface area contributed by atoms with Crippen molar-refractivity contribution in [1.82, 2.24) is 10.2 Å². The molecule has 0 saturated heterocycles. The molecule has 0 fully saturated rings. The molecule has 0 aliphatic heterocycles. The van der Waals surface area contributed by atoms with Gasteiger partial charge in [-0.15, -0.1) is 0 Å². The molecule has 1 aromatic rings. The van der Waals surface area contributed by atoms with E-state index >= 15 is 0 Å². The molecule has 1 N–H and O–H groups in total. The molecule has 0 aliphatic rings. The highest BCUT2D eigenvalue weighted by atomic mass is 32.2. The highest BCUT2D eigenvalue weighted by Crippen LogP contribution is 2.29. The standard InChI is InChI=1S/C16H24F3N3S/c1-20-15(21-10-4-5-11-23-3)22(2)12-13-6-8-14(9-7-13)16(17,18)19/h6-9H,4-5,10-12H2,1-3H3,(H,20,21). The summed E-state index contributed by atoms with van der Waals surface area (Å²) < 4.78 is 37.7. The summed E-state index contributed by atoms with van der Waals surface area (Å²) in [4.78, 5) is 6.10. The van der Waals surface area contributed by atoms with Crippen LogP contribution >= 0.6 is 11.8 Å². The Hall–Kier alpha value is -1.37. The molecule has 0 aliphatic carbocycles. The number of guanidine groups is 1. The van der Waals surface area contributed by atoms with Crippen molar-refractivity contribution >= 4 is 17.7 Å². The van der Waals surface area contributed by atoms with Crippen molar-refractivity contribution in [3.05, 3.63) is 35.4 Å². The smallest absolute Gasteiger partial charge is 0.356 e. The maximum Gasteiger partial charge on any atom is 0.416 e. The van der Waals surface area contributed by atoms with Crippen LogP contribution < -0.4 is 5.32 Å². The lowest BCUT2D eigenvalue weighted by molar-refractivity contribution is -0.137. The van der Waals surface area contributed by atoms with Crippen LogP contribution in [0.5, 0.6) is 0 Å². The molecule has 0 bridgehead atoms. The third-order valence-corrected chi connectivity index (χ3v) is 4.03. The van der Waals surface area contributed by atoms with E-state index in [4.69, 9.17) is 0 Å². The van der Waals surface area contributed by atoms with Crippen LogP contribution in [0, 0.1) is 0 Å². The minimum atomic E-state index is -4.29. The fourth-order valence-corrected chi connectivity index (χ4v) is 2.60. The molecule has 0 saturated carbocycles. The predicted octanol–water partition coefficient (Wildman–Crippen LogP) is 3.86. The van der Waals surface area contributed by atoms with E-state index in [-0.39, 0.29) is 0 Å². The SMILES string of the molecule is CN=C(NCCCCSC)N(C)Cc1ccc(C(F)(F)F)cc1. The van der Waals surface area contributed by atoms with E-state index in [1.165, 1.54) is 12.1 Å². The molecule has 7 heteroatoms. The molecule has 3 nitrogen and oxygen atoms in total. The highest BCUT2D eigenvalue weighted by molar-refractivity contribution is 7.98. The first-order chi connectivity index (χ1) is 10.9. The van der Waals surface area contributed by atoms with Crippen molar-refractivity contribution < 1.29 is 13.2 Å². The number of nitrogens with one attached hydrogen (secondary N) is 1. The molecular weight excluding hydrogens is 323 g/mol. The number of hydrogen-bond acceptors (Lipinski definition) is 2. The van der Waals surface area contributed by atoms with Gasteiger partial charge < -0.3 is 10.2 Å². The van der Waals surface area contributed by atoms with E-state index in [1.54, 1.807) is 7.05 Å². The number of thioether (sulfide) groups is 1. The monoisotopic (exact) mass is 347 g/mol. The summed E-state index contributed by atoms with van der Waals surface area (Å²) in [6.07, 6.45) is 0.00472. The van der Waals surface area contributed by atoms with Crippen LogP contribution in [-0.4, -0.2) is 43.5 Å². The number of nitrogens with zero attached hydrogens (tertiary/aromatic N) is 2. The molecule has 1 aromatic carbocycles. The lowest BCUT2D eigenvalue weighted by atomic mass is 10.1. The van der Waals surface area contributed by atoms with Gasteiger partial charge >= 0.3 is 6.18 Å². The number of hydrogen-bond donors (Lipinski definition) is 1. The highest BCUT2D eigenvalue weighted by Gasteiger charge is 2.29. The molecule has 0 radical (unpaired) electrons. The predicted molar refractivity (Wildman–Crippen MR) is 91.9 cm³/mol. The molecule has 0 heterocycles. The van der Waals surface area contributed by atoms with E-state index in [9.17, 15) is 13.2 Å². The molecule has 23 heavy (non-hydrogen) atoms. The van der Waals surface area contributed by atoms with Crippen LogP contribution in [0.4, 0.5) is 13.2 Å². The minimum Gasteiger partial charge on any atom is -0.356 e. The Morgan fingerprint density at radius 1 is 1.22 bits per heavy atom. The summed E-state index contributed by atoms with van der Waals surface area (Å²) >= 11 is 1.83. The van der Waals surface area contributed by atoms with Gasteiger partial charge in [0.15, 0.2) is 5.96 Å². The van der Waals surface area contributed by atoms with Gasteiger partial charge in [0.2, 0.25) is 0 Å². The van der Waals surface area contributed by atoms with Crippen molar-refractivity contribution in [1.29, 1.82) is 0 Å². The van der Waals surface area contributed by atoms with Gasteiger partial charge in [-0.05, 0) is 42.5 Å². The van der Waals surface area contributed by atoms with E-state index < -0.39 is 11.7 Å². The normalized spacial score (nSPS) is 12.3. The third kappa shape index (κ3) is 7.16. The first kappa shape index (κ1) is 19.7. The second kappa shape index (κ2) is 9.70. The Morgan fingerprint density at radius 3 is 2.39 bits per heavy atom. The molecule has 0 atom stereocenters. The summed E-state index contributed by atoms with van der Waals surface area (Å²) in [6, 6.07) is 5.24. The van der Waals surface area contributed by atoms with Gasteiger partial charge in [-0.3, -0.25) is 4.99 Å². The number of alkyl halides is 3. The summed E-state index contributed by atoms with van der Waals surface area (Å²) in [5, 5.41) is 3.27. The van der Waals surface area contributed by atoms with E-state index in [0.717, 1.165) is 48.8 Å². The van der Waals surface area contributed by atoms with Crippen molar-refractivity contribution in [3.63, 3.8) is 0 Å². The fourth-order valence-electron chi connectivity index (χ4n) is 2.10. The Morgan fingerprint density at radius 2 is 1.87 bits per heavy atom. The zero-order valence-corrected chi connectivity index (χ0v) is 14.6. The number of benzene rings is 1. The zero-order valence-electron chi connectivity index (χ0n) is 13.8. The van der Waals surface area contributed by atoms with Crippen LogP contribution in [0.25, 0.3) is 0 Å². The van der Waals surface area contributed by atoms with Gasteiger partial charge in [-0.1, -0.05) is 12.1 Å². The minimum absolute atomic E-state index is 0.503. The first-order valence-electron chi connectivity index (χ1n) is 7.45. The molecule has 130 valence electrons. The molecule has 0 unspecified atom stereocenters. The van der Waals surface area contributed by atoms with Crippen molar-refractivity contribution in [2.45, 2.75) is 25.6 Å². The Labute approximate surface area is 140 Å². The second-order valence-electron chi connectivity index (χ2n) is 5.22. The van der Waals surface area contributed by atoms with Gasteiger partial charge in [0.05, 0.1) is 5.56 Å². The second-order valence-corrected chi connectivity index (χ2v) is 6.21. The average Bonchev–Trinajstić information content (AvgIpc) is 2.50. The van der Waals surface area contributed by atoms with Crippen molar-refractivity contribution in [3.8, 4) is 0 Å². The van der Waals surface area contributed by atoms with Crippen LogP contribution in [0.1, 0.15) is 24.0 Å². The Balaban J connectivity index is 2.51. The Bertz CT molecular complexity index is 486. The molecule has 1 rings (SSSR count). The van der Waals surface area contributed by atoms with Crippen LogP contribution in [0.3, 0.4) is 0 Å². The number of unbranched alkanes of at least 4 members (excludes halogenated alkanes) is 1. The molecule has 0 aromatic heterocycles. The van der Waals surface area contributed by atoms with Crippen LogP contribution in [0.15, 0.2) is 29.3 Å². The topological polar surface area (TPSA) is 27.6 Å². The number of rotatable bonds is 7. The first-order valence-corrected chi connectivity index (χ1v) is 8.84. The summed E-state index contributed by atoms with van der Waals surface area (Å²) in [5.74, 6) is 1.89. The summed E-state index contributed by atoms with van der Waals surface area (Å²) in [7, 11) is 3.57. The number of aliphatic imine (C=N–C) groups is 1. The third-order valence-electron chi connectivity index (χ3n) is 3.33. The van der Waals surface area contributed by atoms with E-state index in [1.807, 2.05) is 23.7 Å². The maximum atomic E-state index is 12.6. The zero-order chi connectivity index (χ0) is 17.3. The fraction of sp³-hybridized carbons (Fsp3) is 0.562. The molecule has 0 spiro atoms. The molecule has 0 amide bonds. The van der Waals surface area contributed by atoms with Gasteiger partial charge in [0.1, 0.15) is 0 Å². The quantitative estimate of drug-likeness (QED) is 0.461. The van der Waals surface area contributed by atoms with E-state index in [2.05, 4.69) is 16.6 Å². The summed E-state index contributed by atoms with van der Waals surface area (Å²) in [5.41, 5.74) is 0.186. The van der Waals surface area contributed by atoms with Crippen molar-refractivity contribution in [2.24, 2.45) is 4.99 Å². The lowest BCUT2D eigenvalue weighted by Gasteiger charge is -2.22. The van der Waals surface area contributed by atoms with Crippen LogP contribution in [0.2, 0.25) is 0 Å². The summed E-state index contributed by atoms with van der Waals surface area (Å²) in [6.45, 7) is 1.34. The average molecular weight is 347 g/mol. The van der Waals surface area contributed by atoms with Gasteiger partial charge in [0.25, 0.3) is 0 Å².